The highest BCUT2D eigenvalue weighted by Gasteiger charge is 2.46. The van der Waals surface area contributed by atoms with Crippen molar-refractivity contribution in [3.8, 4) is 0 Å². The number of rotatable bonds is 9. The van der Waals surface area contributed by atoms with Gasteiger partial charge in [0.15, 0.2) is 0 Å². The molecule has 0 N–H and O–H groups in total. The van der Waals surface area contributed by atoms with Gasteiger partial charge < -0.3 is 0 Å². The van der Waals surface area contributed by atoms with Crippen molar-refractivity contribution in [3.63, 3.8) is 0 Å². The van der Waals surface area contributed by atoms with Gasteiger partial charge in [0.2, 0.25) is 0 Å². The fourth-order valence-electron chi connectivity index (χ4n) is 4.04. The van der Waals surface area contributed by atoms with E-state index in [2.05, 4.69) is 170 Å². The molecule has 0 atom stereocenters. The summed E-state index contributed by atoms with van der Waals surface area (Å²) in [6.07, 6.45) is 0. The highest BCUT2D eigenvalue weighted by atomic mass is 32.4. The normalized spacial score (nSPS) is 12.3. The first-order valence-electron chi connectivity index (χ1n) is 11.9. The fraction of sp³-hybridized carbons (Fsp3) is 0.200. The Morgan fingerprint density at radius 1 is 0.382 bits per heavy atom. The van der Waals surface area contributed by atoms with Crippen molar-refractivity contribution in [1.82, 2.24) is 0 Å². The molecule has 0 aliphatic rings. The molecule has 0 spiro atoms. The highest BCUT2D eigenvalue weighted by Crippen LogP contribution is 2.51. The average Bonchev–Trinajstić information content (AvgIpc) is 2.88. The van der Waals surface area contributed by atoms with Gasteiger partial charge in [0, 0.05) is 10.5 Å². The zero-order valence-corrected chi connectivity index (χ0v) is 24.2. The van der Waals surface area contributed by atoms with E-state index in [4.69, 9.17) is 0 Å². The molecule has 0 aliphatic heterocycles. The minimum absolute atomic E-state index is 0.378. The third-order valence-electron chi connectivity index (χ3n) is 6.68. The van der Waals surface area contributed by atoms with Gasteiger partial charge in [-0.15, -0.1) is 0 Å². The summed E-state index contributed by atoms with van der Waals surface area (Å²) < 4.78 is 0. The molecule has 4 aromatic carbocycles. The van der Waals surface area contributed by atoms with Gasteiger partial charge in [-0.3, -0.25) is 0 Å². The van der Waals surface area contributed by atoms with Gasteiger partial charge >= 0.3 is 0 Å². The molecule has 4 aromatic rings. The Balaban J connectivity index is 1.66. The first kappa shape index (κ1) is 25.1. The summed E-state index contributed by atoms with van der Waals surface area (Å²) in [5.74, 6) is 0. The molecule has 0 aromatic heterocycles. The van der Waals surface area contributed by atoms with E-state index >= 15 is 0 Å². The number of hydrogen-bond acceptors (Lipinski definition) is 2. The first-order chi connectivity index (χ1) is 16.4. The summed E-state index contributed by atoms with van der Waals surface area (Å²) in [6, 6.07) is 44.3. The Kier molecular flexibility index (Phi) is 8.25. The molecule has 0 fully saturated rings. The maximum atomic E-state index is 2.61. The van der Waals surface area contributed by atoms with Gasteiger partial charge in [-0.05, 0) is 22.3 Å². The van der Waals surface area contributed by atoms with Crippen molar-refractivity contribution >= 4 is 35.9 Å². The van der Waals surface area contributed by atoms with Crippen molar-refractivity contribution in [3.05, 3.63) is 144 Å². The molecule has 34 heavy (non-hydrogen) atoms. The Hall–Kier alpha value is -1.99. The fourth-order valence-corrected chi connectivity index (χ4v) is 23.7. The highest BCUT2D eigenvalue weighted by molar-refractivity contribution is 8.50. The molecule has 0 radical (unpaired) electrons. The Labute approximate surface area is 215 Å². The van der Waals surface area contributed by atoms with Gasteiger partial charge in [0.1, 0.15) is 13.5 Å². The Morgan fingerprint density at radius 3 is 0.794 bits per heavy atom. The van der Waals surface area contributed by atoms with Crippen LogP contribution in [-0.4, -0.2) is 13.5 Å². The lowest BCUT2D eigenvalue weighted by atomic mass is 10.0. The molecule has 0 nitrogen and oxygen atoms in total. The minimum Gasteiger partial charge on any atom is -0.175 e. The Morgan fingerprint density at radius 2 is 0.588 bits per heavy atom. The Bertz CT molecular complexity index is 974. The van der Waals surface area contributed by atoms with Crippen molar-refractivity contribution in [2.75, 3.05) is 0 Å². The van der Waals surface area contributed by atoms with Crippen molar-refractivity contribution in [2.24, 2.45) is 0 Å². The molecule has 0 aliphatic carbocycles. The van der Waals surface area contributed by atoms with Crippen LogP contribution in [0.1, 0.15) is 32.8 Å². The largest absolute Gasteiger partial charge is 0.175 e. The van der Waals surface area contributed by atoms with Crippen LogP contribution in [0.15, 0.2) is 121 Å². The van der Waals surface area contributed by atoms with Crippen LogP contribution in [0, 0.1) is 0 Å². The zero-order chi connectivity index (χ0) is 24.0. The van der Waals surface area contributed by atoms with E-state index in [1.54, 1.807) is 0 Å². The van der Waals surface area contributed by atoms with Crippen LogP contribution in [0.5, 0.6) is 0 Å². The lowest BCUT2D eigenvalue weighted by molar-refractivity contribution is 1.16. The van der Waals surface area contributed by atoms with Gasteiger partial charge in [-0.1, -0.05) is 148 Å². The lowest BCUT2D eigenvalue weighted by Crippen LogP contribution is -2.51. The average molecular weight is 515 g/mol. The first-order valence-corrected chi connectivity index (χ1v) is 22.1. The summed E-state index contributed by atoms with van der Waals surface area (Å²) >= 11 is 4.54. The summed E-state index contributed by atoms with van der Waals surface area (Å²) in [5.41, 5.74) is 5.65. The van der Waals surface area contributed by atoms with Crippen LogP contribution in [-0.2, 0) is 0 Å². The molecular weight excluding hydrogens is 481 g/mol. The van der Waals surface area contributed by atoms with Crippen LogP contribution >= 0.6 is 22.4 Å². The number of hydrogen-bond donors (Lipinski definition) is 0. The van der Waals surface area contributed by atoms with Crippen LogP contribution in [0.25, 0.3) is 0 Å². The monoisotopic (exact) mass is 514 g/mol. The second-order valence-electron chi connectivity index (χ2n) is 9.66. The van der Waals surface area contributed by atoms with E-state index in [1.165, 1.54) is 22.3 Å². The van der Waals surface area contributed by atoms with E-state index in [9.17, 15) is 0 Å². The summed E-state index contributed by atoms with van der Waals surface area (Å²) in [4.78, 5) is 0. The minimum atomic E-state index is -1.67. The molecule has 4 heteroatoms. The zero-order valence-electron chi connectivity index (χ0n) is 20.5. The van der Waals surface area contributed by atoms with E-state index in [0.717, 1.165) is 0 Å². The van der Waals surface area contributed by atoms with E-state index in [0.29, 0.717) is 10.5 Å². The molecule has 0 amide bonds. The standard InChI is InChI=1S/C30H34S2Si2/c1-33(2,31-29(25-17-9-5-10-18-25)26-19-11-6-12-20-26)34(3,4)32-30(27-21-13-7-14-22-27)28-23-15-8-16-24-28/h5-24,29-30H,1-4H3. The van der Waals surface area contributed by atoms with E-state index < -0.39 is 13.5 Å². The summed E-state index contributed by atoms with van der Waals surface area (Å²) in [5, 5.41) is 0.756. The van der Waals surface area contributed by atoms with Gasteiger partial charge in [-0.25, -0.2) is 0 Å². The second kappa shape index (κ2) is 11.2. The van der Waals surface area contributed by atoms with E-state index in [-0.39, 0.29) is 0 Å². The van der Waals surface area contributed by atoms with Crippen LogP contribution in [0.3, 0.4) is 0 Å². The second-order valence-corrected chi connectivity index (χ2v) is 34.3. The topological polar surface area (TPSA) is 0 Å². The molecule has 0 heterocycles. The van der Waals surface area contributed by atoms with Gasteiger partial charge in [0.05, 0.1) is 0 Å². The molecule has 0 unspecified atom stereocenters. The SMILES string of the molecule is C[Si](C)(SC(c1ccccc1)c1ccccc1)[Si](C)(C)SC(c1ccccc1)c1ccccc1. The summed E-state index contributed by atoms with van der Waals surface area (Å²) in [7, 11) is 0. The third-order valence-corrected chi connectivity index (χ3v) is 38.4. The third kappa shape index (κ3) is 5.98. The molecule has 0 saturated carbocycles. The molecule has 174 valence electrons. The van der Waals surface area contributed by atoms with Crippen molar-refractivity contribution in [2.45, 2.75) is 36.7 Å². The smallest absolute Gasteiger partial charge is 0.116 e. The summed E-state index contributed by atoms with van der Waals surface area (Å²) in [6.45, 7) is 7.12. The van der Waals surface area contributed by atoms with Crippen molar-refractivity contribution < 1.29 is 0 Å². The quantitative estimate of drug-likeness (QED) is 0.204. The van der Waals surface area contributed by atoms with Crippen LogP contribution < -0.4 is 0 Å². The molecule has 0 bridgehead atoms. The van der Waals surface area contributed by atoms with E-state index in [1.807, 2.05) is 0 Å². The van der Waals surface area contributed by atoms with Gasteiger partial charge in [-0.2, -0.15) is 22.4 Å². The lowest BCUT2D eigenvalue weighted by Gasteiger charge is -2.41. The maximum Gasteiger partial charge on any atom is 0.116 e. The number of benzene rings is 4. The predicted octanol–water partition coefficient (Wildman–Crippen LogP) is 9.52. The van der Waals surface area contributed by atoms with Gasteiger partial charge in [0.25, 0.3) is 0 Å². The van der Waals surface area contributed by atoms with Crippen LogP contribution in [0.4, 0.5) is 0 Å². The molecular formula is C30H34S2Si2. The van der Waals surface area contributed by atoms with Crippen molar-refractivity contribution in [1.29, 1.82) is 0 Å². The predicted molar refractivity (Wildman–Crippen MR) is 160 cm³/mol. The molecule has 4 rings (SSSR count). The maximum absolute atomic E-state index is 2.61. The van der Waals surface area contributed by atoms with Crippen LogP contribution in [0.2, 0.25) is 26.2 Å². The molecule has 0 saturated heterocycles.